The molecule has 1 heterocycles. The third-order valence-electron chi connectivity index (χ3n) is 4.78. The Hall–Kier alpha value is -3.35. The van der Waals surface area contributed by atoms with Gasteiger partial charge in [0.25, 0.3) is 0 Å². The number of likely N-dealkylation sites (N-methyl/N-ethyl adjacent to an activating group) is 1. The number of carbonyl (C=O) groups excluding carboxylic acids is 2. The molecular weight excluding hydrogens is 358 g/mol. The molecule has 1 aliphatic rings. The van der Waals surface area contributed by atoms with Crippen LogP contribution in [0.2, 0.25) is 0 Å². The van der Waals surface area contributed by atoms with Crippen molar-refractivity contribution in [3.8, 4) is 0 Å². The largest absolute Gasteiger partial charge is 0.481 e. The molecule has 0 radical (unpaired) electrons. The van der Waals surface area contributed by atoms with Gasteiger partial charge in [0.15, 0.2) is 0 Å². The monoisotopic (exact) mass is 381 g/mol. The van der Waals surface area contributed by atoms with E-state index in [1.807, 2.05) is 36.4 Å². The van der Waals surface area contributed by atoms with Crippen molar-refractivity contribution in [2.24, 2.45) is 0 Å². The van der Waals surface area contributed by atoms with Crippen molar-refractivity contribution < 1.29 is 19.5 Å². The van der Waals surface area contributed by atoms with E-state index < -0.39 is 12.0 Å². The first-order valence-electron chi connectivity index (χ1n) is 9.15. The van der Waals surface area contributed by atoms with E-state index in [4.69, 9.17) is 5.11 Å². The summed E-state index contributed by atoms with van der Waals surface area (Å²) in [6, 6.07) is 14.3. The molecule has 7 heteroatoms. The minimum Gasteiger partial charge on any atom is -0.481 e. The van der Waals surface area contributed by atoms with Crippen LogP contribution < -0.4 is 15.5 Å². The van der Waals surface area contributed by atoms with Crippen LogP contribution in [0.3, 0.4) is 0 Å². The number of fused-ring (bicyclic) bond motifs is 1. The van der Waals surface area contributed by atoms with Crippen molar-refractivity contribution in [2.75, 3.05) is 17.3 Å². The smallest absolute Gasteiger partial charge is 0.319 e. The van der Waals surface area contributed by atoms with E-state index in [-0.39, 0.29) is 18.4 Å². The van der Waals surface area contributed by atoms with E-state index >= 15 is 0 Å². The molecule has 1 atom stereocenters. The van der Waals surface area contributed by atoms with Gasteiger partial charge in [-0.1, -0.05) is 30.3 Å². The number of amides is 3. The topological polar surface area (TPSA) is 98.7 Å². The maximum Gasteiger partial charge on any atom is 0.319 e. The van der Waals surface area contributed by atoms with Gasteiger partial charge in [-0.05, 0) is 42.2 Å². The fourth-order valence-corrected chi connectivity index (χ4v) is 3.32. The highest BCUT2D eigenvalue weighted by Crippen LogP contribution is 2.29. The van der Waals surface area contributed by atoms with Gasteiger partial charge in [0.05, 0.1) is 6.42 Å². The third-order valence-corrected chi connectivity index (χ3v) is 4.78. The van der Waals surface area contributed by atoms with Crippen molar-refractivity contribution in [3.05, 3.63) is 59.7 Å². The average molecular weight is 381 g/mol. The second-order valence-electron chi connectivity index (χ2n) is 6.89. The van der Waals surface area contributed by atoms with E-state index in [9.17, 15) is 14.4 Å². The van der Waals surface area contributed by atoms with Crippen LogP contribution in [0.1, 0.15) is 24.0 Å². The van der Waals surface area contributed by atoms with Crippen LogP contribution in [0.5, 0.6) is 0 Å². The minimum absolute atomic E-state index is 0.0215. The lowest BCUT2D eigenvalue weighted by Gasteiger charge is -2.19. The van der Waals surface area contributed by atoms with Gasteiger partial charge in [-0.2, -0.15) is 0 Å². The number of nitrogens with one attached hydrogen (secondary N) is 2. The Kier molecular flexibility index (Phi) is 5.93. The van der Waals surface area contributed by atoms with Crippen molar-refractivity contribution in [3.63, 3.8) is 0 Å². The summed E-state index contributed by atoms with van der Waals surface area (Å²) < 4.78 is 0. The molecule has 0 spiro atoms. The minimum atomic E-state index is -0.896. The number of carbonyl (C=O) groups is 3. The number of hydrogen-bond acceptors (Lipinski definition) is 3. The van der Waals surface area contributed by atoms with Crippen LogP contribution in [0.25, 0.3) is 0 Å². The maximum absolute atomic E-state index is 12.4. The predicted molar refractivity (Wildman–Crippen MR) is 107 cm³/mol. The second-order valence-corrected chi connectivity index (χ2v) is 6.89. The number of aliphatic carboxylic acids is 1. The highest BCUT2D eigenvalue weighted by molar-refractivity contribution is 6.01. The summed E-state index contributed by atoms with van der Waals surface area (Å²) in [4.78, 5) is 36.8. The molecule has 2 aromatic carbocycles. The summed E-state index contributed by atoms with van der Waals surface area (Å²) in [5.74, 6) is -0.874. The zero-order valence-corrected chi connectivity index (χ0v) is 15.6. The molecule has 3 N–H and O–H groups in total. The molecule has 0 saturated carbocycles. The molecule has 2 aromatic rings. The van der Waals surface area contributed by atoms with Crippen LogP contribution in [-0.4, -0.2) is 36.1 Å². The molecule has 0 aliphatic carbocycles. The van der Waals surface area contributed by atoms with E-state index in [1.165, 1.54) is 0 Å². The van der Waals surface area contributed by atoms with Crippen LogP contribution in [0.15, 0.2) is 48.5 Å². The van der Waals surface area contributed by atoms with Crippen molar-refractivity contribution in [2.45, 2.75) is 31.7 Å². The van der Waals surface area contributed by atoms with Gasteiger partial charge < -0.3 is 20.6 Å². The Balaban J connectivity index is 1.64. The standard InChI is InChI=1S/C21H23N3O4/c1-24-18-9-7-17(12-15(18)13-19(24)25)23-21(28)22-16(8-10-20(26)27)11-14-5-3-2-4-6-14/h2-7,9,12,16H,8,10-11,13H2,1H3,(H,26,27)(H2,22,23,28). The Labute approximate surface area is 163 Å². The molecule has 0 aromatic heterocycles. The first kappa shape index (κ1) is 19.4. The Bertz CT molecular complexity index is 882. The summed E-state index contributed by atoms with van der Waals surface area (Å²) in [6.07, 6.45) is 1.18. The van der Waals surface area contributed by atoms with Crippen LogP contribution in [0, 0.1) is 0 Å². The molecule has 3 rings (SSSR count). The van der Waals surface area contributed by atoms with E-state index in [1.54, 1.807) is 24.1 Å². The fraction of sp³-hybridized carbons (Fsp3) is 0.286. The molecule has 1 aliphatic heterocycles. The first-order valence-corrected chi connectivity index (χ1v) is 9.15. The molecule has 3 amide bonds. The number of benzene rings is 2. The van der Waals surface area contributed by atoms with E-state index in [0.29, 0.717) is 24.9 Å². The highest BCUT2D eigenvalue weighted by atomic mass is 16.4. The zero-order valence-electron chi connectivity index (χ0n) is 15.6. The lowest BCUT2D eigenvalue weighted by molar-refractivity contribution is -0.137. The zero-order chi connectivity index (χ0) is 20.1. The van der Waals surface area contributed by atoms with Gasteiger partial charge in [0.2, 0.25) is 5.91 Å². The summed E-state index contributed by atoms with van der Waals surface area (Å²) in [6.45, 7) is 0. The number of urea groups is 1. The molecular formula is C21H23N3O4. The normalized spacial score (nSPS) is 13.8. The number of hydrogen-bond donors (Lipinski definition) is 3. The van der Waals surface area contributed by atoms with Crippen molar-refractivity contribution >= 4 is 29.3 Å². The number of nitrogens with zero attached hydrogens (tertiary/aromatic N) is 1. The highest BCUT2D eigenvalue weighted by Gasteiger charge is 2.24. The first-order chi connectivity index (χ1) is 13.4. The van der Waals surface area contributed by atoms with Crippen molar-refractivity contribution in [1.82, 2.24) is 5.32 Å². The average Bonchev–Trinajstić information content (AvgIpc) is 2.94. The third kappa shape index (κ3) is 4.88. The Morgan fingerprint density at radius 1 is 1.18 bits per heavy atom. The van der Waals surface area contributed by atoms with Crippen molar-refractivity contribution in [1.29, 1.82) is 0 Å². The summed E-state index contributed by atoms with van der Waals surface area (Å²) in [7, 11) is 1.73. The molecule has 28 heavy (non-hydrogen) atoms. The lowest BCUT2D eigenvalue weighted by Crippen LogP contribution is -2.39. The van der Waals surface area contributed by atoms with Gasteiger partial charge in [-0.15, -0.1) is 0 Å². The fourth-order valence-electron chi connectivity index (χ4n) is 3.32. The van der Waals surface area contributed by atoms with Crippen LogP contribution in [-0.2, 0) is 22.4 Å². The molecule has 0 bridgehead atoms. The van der Waals surface area contributed by atoms with Gasteiger partial charge in [-0.25, -0.2) is 4.79 Å². The summed E-state index contributed by atoms with van der Waals surface area (Å²) >= 11 is 0. The molecule has 1 unspecified atom stereocenters. The summed E-state index contributed by atoms with van der Waals surface area (Å²) in [5, 5.41) is 14.6. The molecule has 7 nitrogen and oxygen atoms in total. The Morgan fingerprint density at radius 2 is 1.93 bits per heavy atom. The van der Waals surface area contributed by atoms with Gasteiger partial charge in [0, 0.05) is 30.9 Å². The summed E-state index contributed by atoms with van der Waals surface area (Å²) in [5.41, 5.74) is 3.34. The quantitative estimate of drug-likeness (QED) is 0.687. The van der Waals surface area contributed by atoms with Crippen LogP contribution in [0.4, 0.5) is 16.2 Å². The number of carboxylic acids is 1. The predicted octanol–water partition coefficient (Wildman–Crippen LogP) is 2.80. The van der Waals surface area contributed by atoms with E-state index in [2.05, 4.69) is 10.6 Å². The maximum atomic E-state index is 12.4. The number of rotatable bonds is 7. The molecule has 146 valence electrons. The number of anilines is 2. The lowest BCUT2D eigenvalue weighted by atomic mass is 10.0. The number of carboxylic acid groups (broad SMARTS) is 1. The SMILES string of the molecule is CN1C(=O)Cc2cc(NC(=O)NC(CCC(=O)O)Cc3ccccc3)ccc21. The Morgan fingerprint density at radius 3 is 2.64 bits per heavy atom. The van der Waals surface area contributed by atoms with Gasteiger partial charge >= 0.3 is 12.0 Å². The molecule has 0 fully saturated rings. The molecule has 0 saturated heterocycles. The van der Waals surface area contributed by atoms with Crippen LogP contribution >= 0.6 is 0 Å². The second kappa shape index (κ2) is 8.56. The van der Waals surface area contributed by atoms with Gasteiger partial charge in [0.1, 0.15) is 0 Å². The van der Waals surface area contributed by atoms with E-state index in [0.717, 1.165) is 16.8 Å². The van der Waals surface area contributed by atoms with Gasteiger partial charge in [-0.3, -0.25) is 9.59 Å².